The van der Waals surface area contributed by atoms with Crippen molar-refractivity contribution in [2.75, 3.05) is 33.2 Å². The molecule has 0 N–H and O–H groups in total. The molecule has 0 amide bonds. The Labute approximate surface area is 81.9 Å². The Hall–Kier alpha value is -0.520. The standard InChI is InChI=1S/C11H20N2/c1-4-5-6-7-13-9-8-12(3)11(2)10-13/h1,11H,5-10H2,2-3H3. The van der Waals surface area contributed by atoms with Crippen molar-refractivity contribution < 1.29 is 0 Å². The Kier molecular flexibility index (Phi) is 4.27. The molecule has 1 heterocycles. The van der Waals surface area contributed by atoms with Crippen LogP contribution < -0.4 is 0 Å². The maximum absolute atomic E-state index is 5.22. The van der Waals surface area contributed by atoms with Gasteiger partial charge in [0.05, 0.1) is 0 Å². The molecule has 13 heavy (non-hydrogen) atoms. The predicted molar refractivity (Wildman–Crippen MR) is 56.6 cm³/mol. The van der Waals surface area contributed by atoms with E-state index in [2.05, 4.69) is 29.7 Å². The lowest BCUT2D eigenvalue weighted by Crippen LogP contribution is -2.50. The first-order chi connectivity index (χ1) is 6.24. The Balaban J connectivity index is 2.18. The van der Waals surface area contributed by atoms with E-state index < -0.39 is 0 Å². The van der Waals surface area contributed by atoms with Gasteiger partial charge in [0.15, 0.2) is 0 Å². The molecular formula is C11H20N2. The second-order valence-corrected chi connectivity index (χ2v) is 3.94. The van der Waals surface area contributed by atoms with Gasteiger partial charge in [-0.3, -0.25) is 0 Å². The number of hydrogen-bond donors (Lipinski definition) is 0. The lowest BCUT2D eigenvalue weighted by molar-refractivity contribution is 0.105. The van der Waals surface area contributed by atoms with Gasteiger partial charge in [-0.05, 0) is 26.9 Å². The van der Waals surface area contributed by atoms with E-state index in [0.29, 0.717) is 6.04 Å². The van der Waals surface area contributed by atoms with Gasteiger partial charge in [0.25, 0.3) is 0 Å². The molecule has 1 fully saturated rings. The highest BCUT2D eigenvalue weighted by molar-refractivity contribution is 4.84. The first-order valence-corrected chi connectivity index (χ1v) is 5.10. The van der Waals surface area contributed by atoms with Crippen LogP contribution in [0.25, 0.3) is 0 Å². The van der Waals surface area contributed by atoms with Crippen LogP contribution in [-0.2, 0) is 0 Å². The number of nitrogens with zero attached hydrogens (tertiary/aromatic N) is 2. The molecule has 0 saturated carbocycles. The van der Waals surface area contributed by atoms with Crippen LogP contribution in [0.1, 0.15) is 19.8 Å². The van der Waals surface area contributed by atoms with Crippen molar-refractivity contribution in [3.8, 4) is 12.3 Å². The largest absolute Gasteiger partial charge is 0.301 e. The molecule has 0 aromatic carbocycles. The van der Waals surface area contributed by atoms with Crippen molar-refractivity contribution in [1.29, 1.82) is 0 Å². The average Bonchev–Trinajstić information content (AvgIpc) is 2.12. The van der Waals surface area contributed by atoms with Crippen molar-refractivity contribution in [1.82, 2.24) is 9.80 Å². The van der Waals surface area contributed by atoms with Crippen molar-refractivity contribution in [3.05, 3.63) is 0 Å². The minimum absolute atomic E-state index is 0.694. The third kappa shape index (κ3) is 3.38. The van der Waals surface area contributed by atoms with E-state index in [4.69, 9.17) is 6.42 Å². The zero-order valence-corrected chi connectivity index (χ0v) is 8.79. The van der Waals surface area contributed by atoms with Crippen molar-refractivity contribution in [2.45, 2.75) is 25.8 Å². The van der Waals surface area contributed by atoms with Crippen LogP contribution in [0.15, 0.2) is 0 Å². The van der Waals surface area contributed by atoms with E-state index in [1.807, 2.05) is 0 Å². The minimum Gasteiger partial charge on any atom is -0.301 e. The number of piperazine rings is 1. The van der Waals surface area contributed by atoms with Gasteiger partial charge in [-0.25, -0.2) is 0 Å². The van der Waals surface area contributed by atoms with E-state index in [1.165, 1.54) is 26.2 Å². The number of hydrogen-bond acceptors (Lipinski definition) is 2. The molecule has 1 unspecified atom stereocenters. The Morgan fingerprint density at radius 3 is 2.85 bits per heavy atom. The summed E-state index contributed by atoms with van der Waals surface area (Å²) in [6.45, 7) is 7.04. The maximum Gasteiger partial charge on any atom is 0.0192 e. The minimum atomic E-state index is 0.694. The van der Waals surface area contributed by atoms with Crippen molar-refractivity contribution in [2.24, 2.45) is 0 Å². The smallest absolute Gasteiger partial charge is 0.0192 e. The molecule has 1 aliphatic heterocycles. The first kappa shape index (κ1) is 10.6. The highest BCUT2D eigenvalue weighted by atomic mass is 15.3. The van der Waals surface area contributed by atoms with Gasteiger partial charge >= 0.3 is 0 Å². The zero-order chi connectivity index (χ0) is 9.68. The quantitative estimate of drug-likeness (QED) is 0.473. The fourth-order valence-electron chi connectivity index (χ4n) is 1.73. The van der Waals surface area contributed by atoms with Gasteiger partial charge < -0.3 is 9.80 Å². The third-order valence-electron chi connectivity index (χ3n) is 2.84. The summed E-state index contributed by atoms with van der Waals surface area (Å²) in [6.07, 6.45) is 7.28. The Morgan fingerprint density at radius 2 is 2.23 bits per heavy atom. The number of likely N-dealkylation sites (N-methyl/N-ethyl adjacent to an activating group) is 1. The van der Waals surface area contributed by atoms with Crippen molar-refractivity contribution in [3.63, 3.8) is 0 Å². The molecule has 0 aliphatic carbocycles. The van der Waals surface area contributed by atoms with E-state index in [0.717, 1.165) is 12.8 Å². The number of terminal acetylenes is 1. The lowest BCUT2D eigenvalue weighted by atomic mass is 10.2. The van der Waals surface area contributed by atoms with E-state index in [-0.39, 0.29) is 0 Å². The van der Waals surface area contributed by atoms with Gasteiger partial charge in [-0.2, -0.15) is 0 Å². The monoisotopic (exact) mass is 180 g/mol. The number of rotatable bonds is 3. The SMILES string of the molecule is C#CCCCN1CCN(C)C(C)C1. The summed E-state index contributed by atoms with van der Waals surface area (Å²) in [7, 11) is 2.20. The summed E-state index contributed by atoms with van der Waals surface area (Å²) in [4.78, 5) is 4.93. The van der Waals surface area contributed by atoms with E-state index in [1.54, 1.807) is 0 Å². The van der Waals surface area contributed by atoms with E-state index >= 15 is 0 Å². The average molecular weight is 180 g/mol. The zero-order valence-electron chi connectivity index (χ0n) is 8.79. The first-order valence-electron chi connectivity index (χ1n) is 5.10. The van der Waals surface area contributed by atoms with Crippen LogP contribution in [0.2, 0.25) is 0 Å². The van der Waals surface area contributed by atoms with E-state index in [9.17, 15) is 0 Å². The summed E-state index contributed by atoms with van der Waals surface area (Å²) in [5.41, 5.74) is 0. The summed E-state index contributed by atoms with van der Waals surface area (Å²) in [6, 6.07) is 0.694. The molecule has 1 atom stereocenters. The summed E-state index contributed by atoms with van der Waals surface area (Å²) < 4.78 is 0. The number of unbranched alkanes of at least 4 members (excludes halogenated alkanes) is 1. The molecule has 1 rings (SSSR count). The summed E-state index contributed by atoms with van der Waals surface area (Å²) in [5.74, 6) is 2.69. The second kappa shape index (κ2) is 5.26. The molecule has 0 radical (unpaired) electrons. The van der Waals surface area contributed by atoms with Crippen LogP contribution in [0.3, 0.4) is 0 Å². The fraction of sp³-hybridized carbons (Fsp3) is 0.818. The van der Waals surface area contributed by atoms with Crippen LogP contribution >= 0.6 is 0 Å². The maximum atomic E-state index is 5.22. The summed E-state index contributed by atoms with van der Waals surface area (Å²) >= 11 is 0. The molecular weight excluding hydrogens is 160 g/mol. The lowest BCUT2D eigenvalue weighted by Gasteiger charge is -2.37. The van der Waals surface area contributed by atoms with Gasteiger partial charge in [0, 0.05) is 32.1 Å². The Morgan fingerprint density at radius 1 is 1.46 bits per heavy atom. The molecule has 0 aromatic heterocycles. The molecule has 0 aromatic rings. The second-order valence-electron chi connectivity index (χ2n) is 3.94. The van der Waals surface area contributed by atoms with Crippen LogP contribution in [-0.4, -0.2) is 49.1 Å². The molecule has 1 saturated heterocycles. The fourth-order valence-corrected chi connectivity index (χ4v) is 1.73. The Bertz CT molecular complexity index is 183. The van der Waals surface area contributed by atoms with Crippen molar-refractivity contribution >= 4 is 0 Å². The predicted octanol–water partition coefficient (Wildman–Crippen LogP) is 1.04. The highest BCUT2D eigenvalue weighted by Gasteiger charge is 2.19. The summed E-state index contributed by atoms with van der Waals surface area (Å²) in [5, 5.41) is 0. The third-order valence-corrected chi connectivity index (χ3v) is 2.84. The van der Waals surface area contributed by atoms with Crippen LogP contribution in [0, 0.1) is 12.3 Å². The van der Waals surface area contributed by atoms with Crippen LogP contribution in [0.4, 0.5) is 0 Å². The highest BCUT2D eigenvalue weighted by Crippen LogP contribution is 2.07. The van der Waals surface area contributed by atoms with Crippen LogP contribution in [0.5, 0.6) is 0 Å². The molecule has 74 valence electrons. The molecule has 1 aliphatic rings. The van der Waals surface area contributed by atoms with Gasteiger partial charge in [-0.1, -0.05) is 0 Å². The topological polar surface area (TPSA) is 6.48 Å². The molecule has 2 heteroatoms. The molecule has 0 bridgehead atoms. The normalized spacial score (nSPS) is 25.8. The van der Waals surface area contributed by atoms with Gasteiger partial charge in [-0.15, -0.1) is 12.3 Å². The van der Waals surface area contributed by atoms with Gasteiger partial charge in [0.2, 0.25) is 0 Å². The molecule has 0 spiro atoms. The molecule has 2 nitrogen and oxygen atoms in total. The van der Waals surface area contributed by atoms with Gasteiger partial charge in [0.1, 0.15) is 0 Å².